The molecular weight excluding hydrogens is 374 g/mol. The third kappa shape index (κ3) is 4.18. The minimum Gasteiger partial charge on any atom is -0.454 e. The van der Waals surface area contributed by atoms with E-state index in [1.54, 1.807) is 29.2 Å². The summed E-state index contributed by atoms with van der Waals surface area (Å²) in [6, 6.07) is 12.3. The summed E-state index contributed by atoms with van der Waals surface area (Å²) in [5.41, 5.74) is 2.21. The summed E-state index contributed by atoms with van der Waals surface area (Å²) in [4.78, 5) is 28.4. The molecule has 2 heterocycles. The Morgan fingerprint density at radius 3 is 2.69 bits per heavy atom. The van der Waals surface area contributed by atoms with Gasteiger partial charge in [0.05, 0.1) is 18.3 Å². The van der Waals surface area contributed by atoms with Crippen molar-refractivity contribution in [2.75, 3.05) is 13.3 Å². The van der Waals surface area contributed by atoms with Gasteiger partial charge in [-0.3, -0.25) is 9.59 Å². The van der Waals surface area contributed by atoms with Crippen molar-refractivity contribution in [1.29, 1.82) is 0 Å². The molecule has 1 aliphatic heterocycles. The molecule has 2 aromatic carbocycles. The maximum atomic E-state index is 12.3. The van der Waals surface area contributed by atoms with Gasteiger partial charge in [0, 0.05) is 5.56 Å². The van der Waals surface area contributed by atoms with Gasteiger partial charge in [-0.2, -0.15) is 5.10 Å². The molecule has 29 heavy (non-hydrogen) atoms. The first kappa shape index (κ1) is 18.5. The summed E-state index contributed by atoms with van der Waals surface area (Å²) in [6.07, 6.45) is 3.08. The van der Waals surface area contributed by atoms with Crippen LogP contribution in [0, 0.1) is 0 Å². The number of ether oxygens (including phenoxy) is 2. The monoisotopic (exact) mass is 393 g/mol. The minimum atomic E-state index is -0.358. The molecule has 1 unspecified atom stereocenters. The zero-order valence-corrected chi connectivity index (χ0v) is 15.7. The number of fused-ring (bicyclic) bond motifs is 1. The molecule has 1 aliphatic rings. The van der Waals surface area contributed by atoms with Crippen LogP contribution < -0.4 is 20.1 Å². The number of aromatic nitrogens is 3. The fourth-order valence-electron chi connectivity index (χ4n) is 2.93. The summed E-state index contributed by atoms with van der Waals surface area (Å²) in [6.45, 7) is 1.89. The van der Waals surface area contributed by atoms with E-state index in [1.165, 1.54) is 6.33 Å². The van der Waals surface area contributed by atoms with E-state index >= 15 is 0 Å². The first-order valence-corrected chi connectivity index (χ1v) is 9.02. The SMILES string of the molecule is CC(NC(=O)CNC(=O)c1ccc2c(c1)OCO2)c1ccc(-n2cncn2)cc1. The van der Waals surface area contributed by atoms with Gasteiger partial charge in [0.25, 0.3) is 5.91 Å². The summed E-state index contributed by atoms with van der Waals surface area (Å²) < 4.78 is 12.1. The first-order chi connectivity index (χ1) is 14.1. The fourth-order valence-corrected chi connectivity index (χ4v) is 2.93. The van der Waals surface area contributed by atoms with E-state index in [9.17, 15) is 9.59 Å². The van der Waals surface area contributed by atoms with Gasteiger partial charge in [-0.15, -0.1) is 0 Å². The lowest BCUT2D eigenvalue weighted by molar-refractivity contribution is -0.120. The van der Waals surface area contributed by atoms with Crippen LogP contribution in [0.25, 0.3) is 5.69 Å². The van der Waals surface area contributed by atoms with Gasteiger partial charge in [-0.1, -0.05) is 12.1 Å². The standard InChI is InChI=1S/C20H19N5O4/c1-13(14-2-5-16(6-3-14)25-11-21-10-23-25)24-19(26)9-22-20(27)15-4-7-17-18(8-15)29-12-28-17/h2-8,10-11,13H,9,12H2,1H3,(H,22,27)(H,24,26). The molecule has 0 fully saturated rings. The van der Waals surface area contributed by atoms with E-state index in [1.807, 2.05) is 31.2 Å². The molecule has 0 radical (unpaired) electrons. The minimum absolute atomic E-state index is 0.130. The third-order valence-corrected chi connectivity index (χ3v) is 4.50. The van der Waals surface area contributed by atoms with E-state index in [4.69, 9.17) is 9.47 Å². The van der Waals surface area contributed by atoms with Crippen LogP contribution in [0.1, 0.15) is 28.9 Å². The fraction of sp³-hybridized carbons (Fsp3) is 0.200. The van der Waals surface area contributed by atoms with Crippen molar-refractivity contribution >= 4 is 11.8 Å². The van der Waals surface area contributed by atoms with Crippen LogP contribution in [-0.2, 0) is 4.79 Å². The number of nitrogens with zero attached hydrogens (tertiary/aromatic N) is 3. The molecule has 1 atom stereocenters. The number of carbonyl (C=O) groups is 2. The molecule has 9 heteroatoms. The molecule has 0 saturated heterocycles. The van der Waals surface area contributed by atoms with Crippen molar-refractivity contribution < 1.29 is 19.1 Å². The summed E-state index contributed by atoms with van der Waals surface area (Å²) >= 11 is 0. The Morgan fingerprint density at radius 1 is 1.14 bits per heavy atom. The molecule has 2 N–H and O–H groups in total. The van der Waals surface area contributed by atoms with Crippen molar-refractivity contribution in [3.8, 4) is 17.2 Å². The molecule has 0 spiro atoms. The van der Waals surface area contributed by atoms with E-state index in [2.05, 4.69) is 20.7 Å². The van der Waals surface area contributed by atoms with E-state index in [0.29, 0.717) is 17.1 Å². The molecule has 3 aromatic rings. The number of carbonyl (C=O) groups excluding carboxylic acids is 2. The van der Waals surface area contributed by atoms with Crippen molar-refractivity contribution in [2.45, 2.75) is 13.0 Å². The Labute approximate surface area is 166 Å². The highest BCUT2D eigenvalue weighted by Crippen LogP contribution is 2.32. The molecular formula is C20H19N5O4. The second-order valence-corrected chi connectivity index (χ2v) is 6.47. The van der Waals surface area contributed by atoms with Crippen LogP contribution in [0.4, 0.5) is 0 Å². The molecule has 148 valence electrons. The molecule has 0 aliphatic carbocycles. The topological polar surface area (TPSA) is 107 Å². The maximum absolute atomic E-state index is 12.3. The van der Waals surface area contributed by atoms with Gasteiger partial charge >= 0.3 is 0 Å². The molecule has 9 nitrogen and oxygen atoms in total. The van der Waals surface area contributed by atoms with Crippen LogP contribution in [0.15, 0.2) is 55.1 Å². The Balaban J connectivity index is 1.29. The molecule has 0 saturated carbocycles. The van der Waals surface area contributed by atoms with Crippen molar-refractivity contribution in [2.24, 2.45) is 0 Å². The van der Waals surface area contributed by atoms with Crippen molar-refractivity contribution in [3.05, 3.63) is 66.2 Å². The predicted molar refractivity (Wildman–Crippen MR) is 103 cm³/mol. The van der Waals surface area contributed by atoms with Gasteiger partial charge in [-0.05, 0) is 42.8 Å². The lowest BCUT2D eigenvalue weighted by Crippen LogP contribution is -2.38. The van der Waals surface area contributed by atoms with E-state index < -0.39 is 0 Å². The zero-order valence-electron chi connectivity index (χ0n) is 15.7. The van der Waals surface area contributed by atoms with Gasteiger partial charge in [-0.25, -0.2) is 9.67 Å². The maximum Gasteiger partial charge on any atom is 0.251 e. The van der Waals surface area contributed by atoms with Crippen LogP contribution >= 0.6 is 0 Å². The molecule has 4 rings (SSSR count). The second kappa shape index (κ2) is 8.01. The third-order valence-electron chi connectivity index (χ3n) is 4.50. The summed E-state index contributed by atoms with van der Waals surface area (Å²) in [7, 11) is 0. The Morgan fingerprint density at radius 2 is 1.93 bits per heavy atom. The second-order valence-electron chi connectivity index (χ2n) is 6.47. The number of rotatable bonds is 6. The summed E-state index contributed by atoms with van der Waals surface area (Å²) in [5, 5.41) is 9.55. The largest absolute Gasteiger partial charge is 0.454 e. The smallest absolute Gasteiger partial charge is 0.251 e. The van der Waals surface area contributed by atoms with Crippen LogP contribution in [0.3, 0.4) is 0 Å². The molecule has 0 bridgehead atoms. The number of benzene rings is 2. The van der Waals surface area contributed by atoms with Gasteiger partial charge < -0.3 is 20.1 Å². The number of hydrogen-bond acceptors (Lipinski definition) is 6. The lowest BCUT2D eigenvalue weighted by atomic mass is 10.1. The predicted octanol–water partition coefficient (Wildman–Crippen LogP) is 1.60. The van der Waals surface area contributed by atoms with E-state index in [0.717, 1.165) is 11.3 Å². The van der Waals surface area contributed by atoms with Crippen LogP contribution in [0.5, 0.6) is 11.5 Å². The van der Waals surface area contributed by atoms with E-state index in [-0.39, 0.29) is 31.2 Å². The van der Waals surface area contributed by atoms with Crippen LogP contribution in [-0.4, -0.2) is 39.9 Å². The van der Waals surface area contributed by atoms with Crippen LogP contribution in [0.2, 0.25) is 0 Å². The number of nitrogens with one attached hydrogen (secondary N) is 2. The van der Waals surface area contributed by atoms with Crippen molar-refractivity contribution in [3.63, 3.8) is 0 Å². The summed E-state index contributed by atoms with van der Waals surface area (Å²) in [5.74, 6) is 0.475. The molecule has 1 aromatic heterocycles. The highest BCUT2D eigenvalue weighted by molar-refractivity contribution is 5.97. The van der Waals surface area contributed by atoms with Gasteiger partial charge in [0.1, 0.15) is 12.7 Å². The Hall–Kier alpha value is -3.88. The van der Waals surface area contributed by atoms with Gasteiger partial charge in [0.2, 0.25) is 12.7 Å². The van der Waals surface area contributed by atoms with Crippen molar-refractivity contribution in [1.82, 2.24) is 25.4 Å². The average molecular weight is 393 g/mol. The lowest BCUT2D eigenvalue weighted by Gasteiger charge is -2.15. The number of amides is 2. The average Bonchev–Trinajstić information content (AvgIpc) is 3.43. The quantitative estimate of drug-likeness (QED) is 0.659. The number of hydrogen-bond donors (Lipinski definition) is 2. The van der Waals surface area contributed by atoms with Gasteiger partial charge in [0.15, 0.2) is 11.5 Å². The normalized spacial score (nSPS) is 13.0. The highest BCUT2D eigenvalue weighted by atomic mass is 16.7. The molecule has 2 amide bonds. The highest BCUT2D eigenvalue weighted by Gasteiger charge is 2.17. The first-order valence-electron chi connectivity index (χ1n) is 9.02. The zero-order chi connectivity index (χ0) is 20.2. The Kier molecular flexibility index (Phi) is 5.10. The Bertz CT molecular complexity index is 1020.